The van der Waals surface area contributed by atoms with Gasteiger partial charge in [0.25, 0.3) is 5.78 Å². The molecule has 0 atom stereocenters. The number of carbonyl (C=O) groups is 2. The van der Waals surface area contributed by atoms with Gasteiger partial charge >= 0.3 is 0 Å². The maximum atomic E-state index is 12.6. The number of hydrogen-bond donors (Lipinski definition) is 1. The van der Waals surface area contributed by atoms with Crippen molar-refractivity contribution in [2.45, 2.75) is 5.16 Å². The van der Waals surface area contributed by atoms with Gasteiger partial charge in [0.05, 0.1) is 17.1 Å². The zero-order valence-corrected chi connectivity index (χ0v) is 13.2. The van der Waals surface area contributed by atoms with E-state index in [1.807, 2.05) is 18.2 Å². The molecule has 0 bridgehead atoms. The van der Waals surface area contributed by atoms with Crippen LogP contribution in [0.4, 0.5) is 11.4 Å². The third-order valence-corrected chi connectivity index (χ3v) is 4.48. The van der Waals surface area contributed by atoms with Gasteiger partial charge in [-0.2, -0.15) is 0 Å². The summed E-state index contributed by atoms with van der Waals surface area (Å²) in [5, 5.41) is 11.3. The second kappa shape index (κ2) is 5.93. The molecule has 1 aromatic carbocycles. The highest BCUT2D eigenvalue weighted by molar-refractivity contribution is 7.99. The van der Waals surface area contributed by atoms with Crippen LogP contribution in [0.3, 0.4) is 0 Å². The van der Waals surface area contributed by atoms with E-state index in [0.29, 0.717) is 22.3 Å². The molecule has 8 nitrogen and oxygen atoms in total. The lowest BCUT2D eigenvalue weighted by molar-refractivity contribution is -0.120. The Labute approximate surface area is 140 Å². The minimum absolute atomic E-state index is 0.0124. The van der Waals surface area contributed by atoms with Crippen LogP contribution >= 0.6 is 11.8 Å². The van der Waals surface area contributed by atoms with Gasteiger partial charge in [-0.3, -0.25) is 14.0 Å². The van der Waals surface area contributed by atoms with E-state index in [0.717, 1.165) is 0 Å². The lowest BCUT2D eigenvalue weighted by Gasteiger charge is -2.28. The molecular formula is C15H12N6O2S. The molecule has 1 N–H and O–H groups in total. The van der Waals surface area contributed by atoms with E-state index >= 15 is 0 Å². The number of aromatic nitrogens is 4. The number of rotatable bonds is 3. The van der Waals surface area contributed by atoms with Crippen molar-refractivity contribution in [2.24, 2.45) is 0 Å². The summed E-state index contributed by atoms with van der Waals surface area (Å²) in [6.07, 6.45) is 3.42. The average Bonchev–Trinajstić information content (AvgIpc) is 3.02. The molecule has 9 heteroatoms. The third kappa shape index (κ3) is 2.58. The predicted octanol–water partition coefficient (Wildman–Crippen LogP) is 1.20. The number of nitrogens with one attached hydrogen (secondary N) is 1. The Morgan fingerprint density at radius 3 is 3.04 bits per heavy atom. The summed E-state index contributed by atoms with van der Waals surface area (Å²) in [6.45, 7) is 0.0124. The number of fused-ring (bicyclic) bond motifs is 2. The first-order chi connectivity index (χ1) is 11.7. The van der Waals surface area contributed by atoms with E-state index in [-0.39, 0.29) is 24.1 Å². The number of amides is 2. The van der Waals surface area contributed by atoms with E-state index in [9.17, 15) is 9.59 Å². The lowest BCUT2D eigenvalue weighted by Crippen LogP contribution is -2.43. The van der Waals surface area contributed by atoms with Gasteiger partial charge in [-0.15, -0.1) is 10.2 Å². The first kappa shape index (κ1) is 14.6. The van der Waals surface area contributed by atoms with Crippen molar-refractivity contribution in [1.29, 1.82) is 0 Å². The summed E-state index contributed by atoms with van der Waals surface area (Å²) in [7, 11) is 0. The molecule has 120 valence electrons. The molecule has 0 radical (unpaired) electrons. The zero-order chi connectivity index (χ0) is 16.5. The Hall–Kier alpha value is -2.94. The monoisotopic (exact) mass is 340 g/mol. The summed E-state index contributed by atoms with van der Waals surface area (Å²) < 4.78 is 1.72. The van der Waals surface area contributed by atoms with Crippen LogP contribution in [-0.4, -0.2) is 43.7 Å². The molecule has 0 unspecified atom stereocenters. The van der Waals surface area contributed by atoms with Gasteiger partial charge in [-0.1, -0.05) is 23.9 Å². The molecule has 1 aliphatic heterocycles. The largest absolute Gasteiger partial charge is 0.323 e. The zero-order valence-electron chi connectivity index (χ0n) is 12.4. The molecular weight excluding hydrogens is 328 g/mol. The van der Waals surface area contributed by atoms with Gasteiger partial charge in [0.2, 0.25) is 11.8 Å². The Morgan fingerprint density at radius 1 is 1.25 bits per heavy atom. The van der Waals surface area contributed by atoms with Crippen LogP contribution in [0.15, 0.2) is 47.9 Å². The SMILES string of the molecule is O=C1CN(C(=O)CSc2nnc3ncccn23)c2ccccc2N1. The van der Waals surface area contributed by atoms with E-state index in [4.69, 9.17) is 0 Å². The van der Waals surface area contributed by atoms with Crippen LogP contribution in [0.1, 0.15) is 0 Å². The van der Waals surface area contributed by atoms with Gasteiger partial charge in [0.1, 0.15) is 6.54 Å². The van der Waals surface area contributed by atoms with Crippen LogP contribution in [0, 0.1) is 0 Å². The molecule has 0 aliphatic carbocycles. The molecule has 0 saturated carbocycles. The van der Waals surface area contributed by atoms with Crippen molar-refractivity contribution in [3.63, 3.8) is 0 Å². The van der Waals surface area contributed by atoms with Crippen molar-refractivity contribution < 1.29 is 9.59 Å². The van der Waals surface area contributed by atoms with Crippen molar-refractivity contribution in [3.05, 3.63) is 42.7 Å². The van der Waals surface area contributed by atoms with E-state index in [2.05, 4.69) is 20.5 Å². The highest BCUT2D eigenvalue weighted by atomic mass is 32.2. The Balaban J connectivity index is 1.53. The second-order valence-electron chi connectivity index (χ2n) is 5.11. The Kier molecular flexibility index (Phi) is 3.62. The molecule has 0 spiro atoms. The number of para-hydroxylation sites is 2. The van der Waals surface area contributed by atoms with E-state index < -0.39 is 0 Å². The van der Waals surface area contributed by atoms with Gasteiger partial charge < -0.3 is 10.2 Å². The van der Waals surface area contributed by atoms with E-state index in [1.54, 1.807) is 28.9 Å². The van der Waals surface area contributed by atoms with Crippen molar-refractivity contribution in [1.82, 2.24) is 19.6 Å². The van der Waals surface area contributed by atoms with Crippen LogP contribution in [0.2, 0.25) is 0 Å². The first-order valence-corrected chi connectivity index (χ1v) is 8.19. The molecule has 2 amide bonds. The highest BCUT2D eigenvalue weighted by Crippen LogP contribution is 2.29. The molecule has 3 aromatic rings. The number of benzene rings is 1. The minimum Gasteiger partial charge on any atom is -0.323 e. The second-order valence-corrected chi connectivity index (χ2v) is 6.05. The van der Waals surface area contributed by atoms with Crippen molar-refractivity contribution >= 4 is 40.7 Å². The molecule has 1 aliphatic rings. The highest BCUT2D eigenvalue weighted by Gasteiger charge is 2.26. The smallest absolute Gasteiger partial charge is 0.255 e. The topological polar surface area (TPSA) is 92.5 Å². The average molecular weight is 340 g/mol. The van der Waals surface area contributed by atoms with Gasteiger partial charge in [-0.25, -0.2) is 4.98 Å². The predicted molar refractivity (Wildman–Crippen MR) is 88.9 cm³/mol. The molecule has 3 heterocycles. The Bertz CT molecular complexity index is 940. The maximum absolute atomic E-state index is 12.6. The van der Waals surface area contributed by atoms with Crippen molar-refractivity contribution in [3.8, 4) is 0 Å². The minimum atomic E-state index is -0.204. The van der Waals surface area contributed by atoms with E-state index in [1.165, 1.54) is 16.7 Å². The van der Waals surface area contributed by atoms with Crippen LogP contribution < -0.4 is 10.2 Å². The fraction of sp³-hybridized carbons (Fsp3) is 0.133. The molecule has 0 fully saturated rings. The van der Waals surface area contributed by atoms with Gasteiger partial charge in [0.15, 0.2) is 5.16 Å². The number of hydrogen-bond acceptors (Lipinski definition) is 6. The van der Waals surface area contributed by atoms with Crippen molar-refractivity contribution in [2.75, 3.05) is 22.5 Å². The summed E-state index contributed by atoms with van der Waals surface area (Å²) in [5.41, 5.74) is 1.35. The fourth-order valence-corrected chi connectivity index (χ4v) is 3.27. The molecule has 24 heavy (non-hydrogen) atoms. The summed E-state index contributed by atoms with van der Waals surface area (Å²) in [5.74, 6) is 0.263. The number of thioether (sulfide) groups is 1. The normalized spacial score (nSPS) is 13.7. The fourth-order valence-electron chi connectivity index (χ4n) is 2.48. The number of carbonyl (C=O) groups excluding carboxylic acids is 2. The standard InChI is InChI=1S/C15H12N6O2S/c22-12-8-21(11-5-2-1-4-10(11)17-12)13(23)9-24-15-19-18-14-16-6-3-7-20(14)15/h1-7H,8-9H2,(H,17,22). The van der Waals surface area contributed by atoms with Crippen LogP contribution in [0.25, 0.3) is 5.78 Å². The number of nitrogens with zero attached hydrogens (tertiary/aromatic N) is 5. The lowest BCUT2D eigenvalue weighted by atomic mass is 10.2. The van der Waals surface area contributed by atoms with Gasteiger partial charge in [-0.05, 0) is 18.2 Å². The Morgan fingerprint density at radius 2 is 2.12 bits per heavy atom. The molecule has 2 aromatic heterocycles. The van der Waals surface area contributed by atoms with Crippen LogP contribution in [-0.2, 0) is 9.59 Å². The van der Waals surface area contributed by atoms with Gasteiger partial charge in [0, 0.05) is 12.4 Å². The quantitative estimate of drug-likeness (QED) is 0.720. The summed E-state index contributed by atoms with van der Waals surface area (Å²) in [4.78, 5) is 30.0. The maximum Gasteiger partial charge on any atom is 0.255 e. The first-order valence-electron chi connectivity index (χ1n) is 7.20. The third-order valence-electron chi connectivity index (χ3n) is 3.55. The molecule has 4 rings (SSSR count). The summed E-state index contributed by atoms with van der Waals surface area (Å²) >= 11 is 1.26. The molecule has 0 saturated heterocycles. The number of anilines is 2. The summed E-state index contributed by atoms with van der Waals surface area (Å²) in [6, 6.07) is 9.01. The van der Waals surface area contributed by atoms with Crippen LogP contribution in [0.5, 0.6) is 0 Å².